The van der Waals surface area contributed by atoms with E-state index in [-0.39, 0.29) is 0 Å². The van der Waals surface area contributed by atoms with E-state index in [1.807, 2.05) is 54.6 Å². The first-order chi connectivity index (χ1) is 11.8. The zero-order valence-electron chi connectivity index (χ0n) is 12.8. The molecule has 2 aromatic carbocycles. The fraction of sp³-hybridized carbons (Fsp3) is 0.0500. The van der Waals surface area contributed by atoms with Crippen molar-refractivity contribution in [2.45, 2.75) is 6.10 Å². The summed E-state index contributed by atoms with van der Waals surface area (Å²) in [5.74, 6) is -0.494. The highest BCUT2D eigenvalue weighted by molar-refractivity contribution is 5.90. The number of pyridine rings is 1. The summed E-state index contributed by atoms with van der Waals surface area (Å²) >= 11 is 0. The molecule has 0 fully saturated rings. The summed E-state index contributed by atoms with van der Waals surface area (Å²) < 4.78 is 5.70. The Kier molecular flexibility index (Phi) is 4.64. The Morgan fingerprint density at radius 3 is 2.50 bits per heavy atom. The van der Waals surface area contributed by atoms with Crippen molar-refractivity contribution in [1.82, 2.24) is 4.98 Å². The first-order valence-corrected chi connectivity index (χ1v) is 7.45. The van der Waals surface area contributed by atoms with Gasteiger partial charge in [0.25, 0.3) is 0 Å². The Balaban J connectivity index is 1.92. The van der Waals surface area contributed by atoms with E-state index in [0.717, 1.165) is 5.56 Å². The lowest BCUT2D eigenvalue weighted by Gasteiger charge is -2.18. The molecule has 24 heavy (non-hydrogen) atoms. The van der Waals surface area contributed by atoms with Crippen LogP contribution in [0.15, 0.2) is 79.0 Å². The second-order valence-electron chi connectivity index (χ2n) is 5.14. The van der Waals surface area contributed by atoms with Crippen LogP contribution in [-0.2, 0) is 4.74 Å². The molecule has 0 aliphatic heterocycles. The fourth-order valence-corrected chi connectivity index (χ4v) is 2.35. The largest absolute Gasteiger partial charge is 0.447 e. The van der Waals surface area contributed by atoms with Gasteiger partial charge in [-0.2, -0.15) is 5.26 Å². The highest BCUT2D eigenvalue weighted by Crippen LogP contribution is 2.25. The number of nitrogens with zero attached hydrogens (tertiary/aromatic N) is 2. The maximum Gasteiger partial charge on any atom is 0.339 e. The van der Waals surface area contributed by atoms with E-state index in [4.69, 9.17) is 10.00 Å². The normalized spacial score (nSPS) is 11.3. The molecule has 1 aromatic heterocycles. The Morgan fingerprint density at radius 2 is 1.79 bits per heavy atom. The monoisotopic (exact) mass is 314 g/mol. The number of carbonyl (C=O) groups excluding carboxylic acids is 1. The number of aromatic nitrogens is 1. The van der Waals surface area contributed by atoms with Crippen LogP contribution >= 0.6 is 0 Å². The summed E-state index contributed by atoms with van der Waals surface area (Å²) in [4.78, 5) is 16.8. The fourth-order valence-electron chi connectivity index (χ4n) is 2.35. The number of ether oxygens (including phenoxy) is 1. The van der Waals surface area contributed by atoms with Crippen molar-refractivity contribution >= 4 is 5.97 Å². The van der Waals surface area contributed by atoms with E-state index >= 15 is 0 Å². The number of carbonyl (C=O) groups is 1. The van der Waals surface area contributed by atoms with Gasteiger partial charge in [-0.15, -0.1) is 0 Å². The summed E-state index contributed by atoms with van der Waals surface area (Å²) in [6.07, 6.45) is 1.06. The van der Waals surface area contributed by atoms with Crippen LogP contribution in [0.4, 0.5) is 0 Å². The SMILES string of the molecule is N#Cc1cccc(C(=O)OC(c2ccccc2)c2ccccn2)c1. The van der Waals surface area contributed by atoms with Gasteiger partial charge in [0.1, 0.15) is 0 Å². The molecule has 3 aromatic rings. The zero-order chi connectivity index (χ0) is 16.8. The number of benzene rings is 2. The van der Waals surface area contributed by atoms with Crippen molar-refractivity contribution in [2.24, 2.45) is 0 Å². The summed E-state index contributed by atoms with van der Waals surface area (Å²) in [5.41, 5.74) is 2.24. The van der Waals surface area contributed by atoms with Crippen LogP contribution < -0.4 is 0 Å². The van der Waals surface area contributed by atoms with Gasteiger partial charge in [-0.1, -0.05) is 42.5 Å². The van der Waals surface area contributed by atoms with Crippen molar-refractivity contribution < 1.29 is 9.53 Å². The molecule has 4 heteroatoms. The molecule has 116 valence electrons. The highest BCUT2D eigenvalue weighted by atomic mass is 16.5. The number of nitriles is 1. The molecule has 0 aliphatic carbocycles. The van der Waals surface area contributed by atoms with E-state index in [0.29, 0.717) is 16.8 Å². The third kappa shape index (κ3) is 3.47. The lowest BCUT2D eigenvalue weighted by molar-refractivity contribution is 0.0370. The van der Waals surface area contributed by atoms with Gasteiger partial charge < -0.3 is 4.74 Å². The van der Waals surface area contributed by atoms with Gasteiger partial charge >= 0.3 is 5.97 Å². The quantitative estimate of drug-likeness (QED) is 0.685. The van der Waals surface area contributed by atoms with Gasteiger partial charge in [0.15, 0.2) is 6.10 Å². The Bertz CT molecular complexity index is 831. The van der Waals surface area contributed by atoms with Crippen molar-refractivity contribution in [2.75, 3.05) is 0 Å². The topological polar surface area (TPSA) is 63.0 Å². The van der Waals surface area contributed by atoms with Crippen LogP contribution in [0.5, 0.6) is 0 Å². The molecule has 0 N–H and O–H groups in total. The van der Waals surface area contributed by atoms with E-state index < -0.39 is 12.1 Å². The maximum atomic E-state index is 12.5. The Morgan fingerprint density at radius 1 is 1.00 bits per heavy atom. The number of esters is 1. The molecular weight excluding hydrogens is 300 g/mol. The van der Waals surface area contributed by atoms with Crippen LogP contribution in [0.2, 0.25) is 0 Å². The van der Waals surface area contributed by atoms with Gasteiger partial charge in [0.2, 0.25) is 0 Å². The number of hydrogen-bond donors (Lipinski definition) is 0. The molecule has 1 unspecified atom stereocenters. The molecule has 0 amide bonds. The molecule has 0 saturated carbocycles. The molecular formula is C20H14N2O2. The number of hydrogen-bond acceptors (Lipinski definition) is 4. The minimum Gasteiger partial charge on any atom is -0.447 e. The highest BCUT2D eigenvalue weighted by Gasteiger charge is 2.21. The van der Waals surface area contributed by atoms with E-state index in [1.54, 1.807) is 24.4 Å². The van der Waals surface area contributed by atoms with Gasteiger partial charge in [-0.05, 0) is 35.9 Å². The average molecular weight is 314 g/mol. The summed E-state index contributed by atoms with van der Waals surface area (Å²) in [5, 5.41) is 8.97. The van der Waals surface area contributed by atoms with Crippen LogP contribution in [0.1, 0.15) is 33.3 Å². The average Bonchev–Trinajstić information content (AvgIpc) is 2.67. The lowest BCUT2D eigenvalue weighted by Crippen LogP contribution is -2.14. The van der Waals surface area contributed by atoms with Crippen LogP contribution in [0.25, 0.3) is 0 Å². The molecule has 3 rings (SSSR count). The standard InChI is InChI=1S/C20H14N2O2/c21-14-15-7-6-10-17(13-15)20(23)24-19(16-8-2-1-3-9-16)18-11-4-5-12-22-18/h1-13,19H. The summed E-state index contributed by atoms with van der Waals surface area (Å²) in [7, 11) is 0. The summed E-state index contributed by atoms with van der Waals surface area (Å²) in [6.45, 7) is 0. The zero-order valence-corrected chi connectivity index (χ0v) is 12.8. The Hall–Kier alpha value is -3.45. The van der Waals surface area contributed by atoms with Crippen LogP contribution in [-0.4, -0.2) is 11.0 Å². The van der Waals surface area contributed by atoms with Gasteiger partial charge in [0, 0.05) is 6.20 Å². The first-order valence-electron chi connectivity index (χ1n) is 7.45. The van der Waals surface area contributed by atoms with Crippen LogP contribution in [0, 0.1) is 11.3 Å². The second kappa shape index (κ2) is 7.21. The Labute approximate surface area is 140 Å². The third-order valence-corrected chi connectivity index (χ3v) is 3.51. The first kappa shape index (κ1) is 15.4. The smallest absolute Gasteiger partial charge is 0.339 e. The van der Waals surface area contributed by atoms with Crippen molar-refractivity contribution in [1.29, 1.82) is 5.26 Å². The van der Waals surface area contributed by atoms with Crippen LogP contribution in [0.3, 0.4) is 0 Å². The molecule has 0 radical (unpaired) electrons. The minimum atomic E-state index is -0.606. The minimum absolute atomic E-state index is 0.339. The molecule has 4 nitrogen and oxygen atoms in total. The molecule has 0 spiro atoms. The van der Waals surface area contributed by atoms with Gasteiger partial charge in [-0.25, -0.2) is 4.79 Å². The molecule has 1 heterocycles. The summed E-state index contributed by atoms with van der Waals surface area (Å²) in [6, 6.07) is 23.4. The lowest BCUT2D eigenvalue weighted by atomic mass is 10.1. The molecule has 0 aliphatic rings. The molecule has 0 bridgehead atoms. The predicted molar refractivity (Wildman–Crippen MR) is 89.1 cm³/mol. The second-order valence-corrected chi connectivity index (χ2v) is 5.14. The van der Waals surface area contributed by atoms with Crippen molar-refractivity contribution in [3.05, 3.63) is 101 Å². The van der Waals surface area contributed by atoms with E-state index in [2.05, 4.69) is 4.98 Å². The van der Waals surface area contributed by atoms with Crippen molar-refractivity contribution in [3.63, 3.8) is 0 Å². The maximum absolute atomic E-state index is 12.5. The van der Waals surface area contributed by atoms with Crippen molar-refractivity contribution in [3.8, 4) is 6.07 Å². The van der Waals surface area contributed by atoms with E-state index in [1.165, 1.54) is 6.07 Å². The van der Waals surface area contributed by atoms with Gasteiger partial charge in [0.05, 0.1) is 22.9 Å². The van der Waals surface area contributed by atoms with Gasteiger partial charge in [-0.3, -0.25) is 4.98 Å². The molecule has 1 atom stereocenters. The van der Waals surface area contributed by atoms with E-state index in [9.17, 15) is 4.79 Å². The predicted octanol–water partition coefficient (Wildman–Crippen LogP) is 3.90. The number of rotatable bonds is 4. The molecule has 0 saturated heterocycles. The third-order valence-electron chi connectivity index (χ3n) is 3.51.